The monoisotopic (exact) mass is 342 g/mol. The highest BCUT2D eigenvalue weighted by molar-refractivity contribution is 6.62. The molecule has 25 heavy (non-hydrogen) atoms. The molecule has 2 aliphatic heterocycles. The maximum absolute atomic E-state index is 6.28. The lowest BCUT2D eigenvalue weighted by molar-refractivity contribution is 0.00578. The molecule has 0 N–H and O–H groups in total. The fraction of sp³-hybridized carbons (Fsp3) is 0.700. The van der Waals surface area contributed by atoms with E-state index in [4.69, 9.17) is 9.31 Å². The van der Waals surface area contributed by atoms with Crippen molar-refractivity contribution in [3.8, 4) is 0 Å². The van der Waals surface area contributed by atoms with Crippen LogP contribution in [0.2, 0.25) is 0 Å². The molecule has 0 aromatic heterocycles. The van der Waals surface area contributed by atoms with E-state index in [9.17, 15) is 0 Å². The molecule has 0 amide bonds. The normalized spacial score (nSPS) is 26.3. The minimum atomic E-state index is -0.291. The Kier molecular flexibility index (Phi) is 4.17. The third kappa shape index (κ3) is 3.22. The van der Waals surface area contributed by atoms with Crippen molar-refractivity contribution >= 4 is 18.3 Å². The van der Waals surface area contributed by atoms with Gasteiger partial charge in [-0.1, -0.05) is 12.1 Å². The average Bonchev–Trinajstić information content (AvgIpc) is 3.35. The van der Waals surface area contributed by atoms with Crippen LogP contribution in [0.3, 0.4) is 0 Å². The van der Waals surface area contributed by atoms with Crippen molar-refractivity contribution in [1.82, 2.24) is 4.90 Å². The second-order valence-corrected chi connectivity index (χ2v) is 8.97. The Labute approximate surface area is 152 Å². The van der Waals surface area contributed by atoms with Crippen LogP contribution in [0.25, 0.3) is 0 Å². The highest BCUT2D eigenvalue weighted by Crippen LogP contribution is 2.44. The molecule has 3 aliphatic rings. The lowest BCUT2D eigenvalue weighted by Gasteiger charge is -2.35. The topological polar surface area (TPSA) is 24.9 Å². The predicted molar refractivity (Wildman–Crippen MR) is 104 cm³/mol. The van der Waals surface area contributed by atoms with Crippen molar-refractivity contribution in [2.75, 3.05) is 38.1 Å². The van der Waals surface area contributed by atoms with Crippen molar-refractivity contribution < 1.29 is 9.31 Å². The summed E-state index contributed by atoms with van der Waals surface area (Å²) in [6, 6.07) is 6.88. The van der Waals surface area contributed by atoms with E-state index in [1.807, 2.05) is 0 Å². The first-order valence-corrected chi connectivity index (χ1v) is 9.70. The van der Waals surface area contributed by atoms with Gasteiger partial charge in [-0.3, -0.25) is 0 Å². The van der Waals surface area contributed by atoms with Crippen LogP contribution < -0.4 is 10.4 Å². The standard InChI is InChI=1S/C20H31BN2O2/c1-19(2)20(3,4)25-21(24-19)16-8-9-17(15-6-7-15)18(14-16)23-12-10-22(5)11-13-23/h8-9,14-15H,6-7,10-13H2,1-5H3. The summed E-state index contributed by atoms with van der Waals surface area (Å²) in [6.07, 6.45) is 2.66. The Hall–Kier alpha value is -1.04. The molecule has 0 spiro atoms. The van der Waals surface area contributed by atoms with E-state index in [2.05, 4.69) is 62.7 Å². The number of likely N-dealkylation sites (N-methyl/N-ethyl adjacent to an activating group) is 1. The van der Waals surface area contributed by atoms with E-state index >= 15 is 0 Å². The van der Waals surface area contributed by atoms with E-state index in [0.717, 1.165) is 37.6 Å². The number of rotatable bonds is 3. The van der Waals surface area contributed by atoms with Crippen LogP contribution in [0, 0.1) is 0 Å². The number of hydrogen-bond donors (Lipinski definition) is 0. The molecule has 0 atom stereocenters. The molecular formula is C20H31BN2O2. The average molecular weight is 342 g/mol. The molecule has 0 bridgehead atoms. The quantitative estimate of drug-likeness (QED) is 0.789. The summed E-state index contributed by atoms with van der Waals surface area (Å²) >= 11 is 0. The fourth-order valence-electron chi connectivity index (χ4n) is 3.75. The summed E-state index contributed by atoms with van der Waals surface area (Å²) in [4.78, 5) is 4.97. The molecule has 1 aromatic rings. The zero-order valence-electron chi connectivity index (χ0n) is 16.3. The third-order valence-electron chi connectivity index (χ3n) is 6.44. The molecule has 1 aliphatic carbocycles. The minimum Gasteiger partial charge on any atom is -0.399 e. The van der Waals surface area contributed by atoms with Crippen molar-refractivity contribution in [2.45, 2.75) is 57.7 Å². The zero-order chi connectivity index (χ0) is 17.8. The van der Waals surface area contributed by atoms with Crippen molar-refractivity contribution in [1.29, 1.82) is 0 Å². The Balaban J connectivity index is 1.63. The SMILES string of the molecule is CN1CCN(c2cc(B3OC(C)(C)C(C)(C)O3)ccc2C2CC2)CC1. The maximum Gasteiger partial charge on any atom is 0.494 e. The first-order chi connectivity index (χ1) is 11.8. The molecule has 4 nitrogen and oxygen atoms in total. The Morgan fingerprint density at radius 1 is 0.960 bits per heavy atom. The van der Waals surface area contributed by atoms with Crippen LogP contribution in [0.4, 0.5) is 5.69 Å². The van der Waals surface area contributed by atoms with Crippen LogP contribution in [-0.4, -0.2) is 56.4 Å². The first kappa shape index (κ1) is 17.4. The number of benzene rings is 1. The Bertz CT molecular complexity index is 633. The largest absolute Gasteiger partial charge is 0.494 e. The van der Waals surface area contributed by atoms with Gasteiger partial charge in [-0.15, -0.1) is 0 Å². The zero-order valence-corrected chi connectivity index (χ0v) is 16.3. The van der Waals surface area contributed by atoms with Gasteiger partial charge in [0.05, 0.1) is 11.2 Å². The molecule has 2 saturated heterocycles. The predicted octanol–water partition coefficient (Wildman–Crippen LogP) is 2.62. The number of hydrogen-bond acceptors (Lipinski definition) is 4. The third-order valence-corrected chi connectivity index (χ3v) is 6.44. The molecule has 0 unspecified atom stereocenters. The molecule has 0 radical (unpaired) electrons. The van der Waals surface area contributed by atoms with Gasteiger partial charge in [0.15, 0.2) is 0 Å². The second kappa shape index (κ2) is 6.00. The van der Waals surface area contributed by atoms with Gasteiger partial charge in [0.2, 0.25) is 0 Å². The highest BCUT2D eigenvalue weighted by atomic mass is 16.7. The molecule has 5 heteroatoms. The van der Waals surface area contributed by atoms with Crippen LogP contribution in [0.1, 0.15) is 52.0 Å². The van der Waals surface area contributed by atoms with Crippen LogP contribution in [0.15, 0.2) is 18.2 Å². The molecule has 1 aromatic carbocycles. The smallest absolute Gasteiger partial charge is 0.399 e. The van der Waals surface area contributed by atoms with E-state index < -0.39 is 0 Å². The van der Waals surface area contributed by atoms with Crippen LogP contribution in [0.5, 0.6) is 0 Å². The molecular weight excluding hydrogens is 311 g/mol. The van der Waals surface area contributed by atoms with Gasteiger partial charge < -0.3 is 19.1 Å². The van der Waals surface area contributed by atoms with E-state index in [1.54, 1.807) is 0 Å². The number of nitrogens with zero attached hydrogens (tertiary/aromatic N) is 2. The lowest BCUT2D eigenvalue weighted by atomic mass is 9.78. The van der Waals surface area contributed by atoms with E-state index in [-0.39, 0.29) is 18.3 Å². The summed E-state index contributed by atoms with van der Waals surface area (Å²) in [5, 5.41) is 0. The van der Waals surface area contributed by atoms with Gasteiger partial charge in [0.1, 0.15) is 0 Å². The van der Waals surface area contributed by atoms with Crippen molar-refractivity contribution in [3.05, 3.63) is 23.8 Å². The van der Waals surface area contributed by atoms with E-state index in [1.165, 1.54) is 24.1 Å². The first-order valence-electron chi connectivity index (χ1n) is 9.70. The fourth-order valence-corrected chi connectivity index (χ4v) is 3.75. The molecule has 1 saturated carbocycles. The highest BCUT2D eigenvalue weighted by Gasteiger charge is 2.51. The van der Waals surface area contributed by atoms with Gasteiger partial charge in [0, 0.05) is 31.9 Å². The van der Waals surface area contributed by atoms with Crippen molar-refractivity contribution in [2.24, 2.45) is 0 Å². The summed E-state index contributed by atoms with van der Waals surface area (Å²) in [6.45, 7) is 12.9. The summed E-state index contributed by atoms with van der Waals surface area (Å²) in [5.74, 6) is 0.752. The minimum absolute atomic E-state index is 0.274. The van der Waals surface area contributed by atoms with Crippen molar-refractivity contribution in [3.63, 3.8) is 0 Å². The molecule has 3 fully saturated rings. The van der Waals surface area contributed by atoms with Crippen LogP contribution >= 0.6 is 0 Å². The van der Waals surface area contributed by atoms with Gasteiger partial charge in [0.25, 0.3) is 0 Å². The summed E-state index contributed by atoms with van der Waals surface area (Å²) in [5.41, 5.74) is 3.49. The van der Waals surface area contributed by atoms with Gasteiger partial charge in [-0.25, -0.2) is 0 Å². The molecule has 136 valence electrons. The van der Waals surface area contributed by atoms with E-state index in [0.29, 0.717) is 0 Å². The summed E-state index contributed by atoms with van der Waals surface area (Å²) < 4.78 is 12.6. The lowest BCUT2D eigenvalue weighted by Crippen LogP contribution is -2.45. The number of piperazine rings is 1. The molecule has 4 rings (SSSR count). The summed E-state index contributed by atoms with van der Waals surface area (Å²) in [7, 11) is 1.93. The van der Waals surface area contributed by atoms with Crippen LogP contribution in [-0.2, 0) is 9.31 Å². The molecule has 2 heterocycles. The van der Waals surface area contributed by atoms with Gasteiger partial charge in [-0.05, 0) is 70.6 Å². The number of anilines is 1. The Morgan fingerprint density at radius 2 is 1.56 bits per heavy atom. The van der Waals surface area contributed by atoms with Gasteiger partial charge in [-0.2, -0.15) is 0 Å². The second-order valence-electron chi connectivity index (χ2n) is 8.97. The van der Waals surface area contributed by atoms with Gasteiger partial charge >= 0.3 is 7.12 Å². The maximum atomic E-state index is 6.28. The Morgan fingerprint density at radius 3 is 2.12 bits per heavy atom.